The number of hydrogen-bond acceptors (Lipinski definition) is 5. The van der Waals surface area contributed by atoms with E-state index in [4.69, 9.17) is 4.74 Å². The summed E-state index contributed by atoms with van der Waals surface area (Å²) in [6.45, 7) is 2.53. The van der Waals surface area contributed by atoms with Gasteiger partial charge in [-0.25, -0.2) is 4.79 Å². The molecule has 0 unspecified atom stereocenters. The molecule has 0 radical (unpaired) electrons. The number of anilines is 1. The molecule has 1 aromatic heterocycles. The summed E-state index contributed by atoms with van der Waals surface area (Å²) < 4.78 is 5.37. The third-order valence-corrected chi connectivity index (χ3v) is 4.74. The Labute approximate surface area is 144 Å². The molecule has 0 aliphatic heterocycles. The summed E-state index contributed by atoms with van der Waals surface area (Å²) in [5.74, 6) is 0.863. The van der Waals surface area contributed by atoms with Crippen molar-refractivity contribution in [3.8, 4) is 5.75 Å². The van der Waals surface area contributed by atoms with Crippen LogP contribution in [-0.2, 0) is 17.6 Å². The van der Waals surface area contributed by atoms with E-state index in [1.807, 2.05) is 19.1 Å². The number of nitrogens with one attached hydrogen (secondary N) is 2. The summed E-state index contributed by atoms with van der Waals surface area (Å²) in [7, 11) is 0. The lowest BCUT2D eigenvalue weighted by Gasteiger charge is -2.08. The summed E-state index contributed by atoms with van der Waals surface area (Å²) in [6, 6.07) is 7.24. The highest BCUT2D eigenvalue weighted by atomic mass is 32.2. The molecular formula is C17H19N3O3S. The van der Waals surface area contributed by atoms with E-state index in [1.54, 1.807) is 12.1 Å². The quantitative estimate of drug-likeness (QED) is 0.620. The van der Waals surface area contributed by atoms with Crippen LogP contribution in [0.25, 0.3) is 0 Å². The summed E-state index contributed by atoms with van der Waals surface area (Å²) in [4.78, 5) is 30.5. The minimum Gasteiger partial charge on any atom is -0.494 e. The molecule has 7 heteroatoms. The lowest BCUT2D eigenvalue weighted by Crippen LogP contribution is -2.17. The van der Waals surface area contributed by atoms with Crippen LogP contribution in [0.4, 0.5) is 5.69 Å². The molecule has 1 amide bonds. The molecule has 0 fully saturated rings. The van der Waals surface area contributed by atoms with Gasteiger partial charge in [0.2, 0.25) is 5.91 Å². The molecule has 3 rings (SSSR count). The van der Waals surface area contributed by atoms with Crippen molar-refractivity contribution in [1.29, 1.82) is 0 Å². The smallest absolute Gasteiger partial charge is 0.346 e. The van der Waals surface area contributed by atoms with Gasteiger partial charge in [-0.3, -0.25) is 4.79 Å². The fourth-order valence-electron chi connectivity index (χ4n) is 2.69. The van der Waals surface area contributed by atoms with Gasteiger partial charge >= 0.3 is 5.69 Å². The number of carbonyl (C=O) groups excluding carboxylic acids is 1. The Kier molecular flexibility index (Phi) is 5.20. The van der Waals surface area contributed by atoms with Crippen molar-refractivity contribution in [2.75, 3.05) is 17.7 Å². The Bertz CT molecular complexity index is 787. The minimum atomic E-state index is -0.343. The zero-order chi connectivity index (χ0) is 16.9. The monoisotopic (exact) mass is 345 g/mol. The van der Waals surface area contributed by atoms with Gasteiger partial charge in [-0.1, -0.05) is 11.8 Å². The van der Waals surface area contributed by atoms with E-state index in [9.17, 15) is 9.59 Å². The highest BCUT2D eigenvalue weighted by Crippen LogP contribution is 2.27. The predicted molar refractivity (Wildman–Crippen MR) is 93.8 cm³/mol. The SMILES string of the molecule is CCOc1ccc(NC(=O)CSc2nc(=O)[nH]c3c2CCC3)cc1. The van der Waals surface area contributed by atoms with Gasteiger partial charge < -0.3 is 15.0 Å². The first-order valence-corrected chi connectivity index (χ1v) is 8.92. The fourth-order valence-corrected chi connectivity index (χ4v) is 3.57. The van der Waals surface area contributed by atoms with Crippen LogP contribution in [-0.4, -0.2) is 28.2 Å². The zero-order valence-corrected chi connectivity index (χ0v) is 14.2. The lowest BCUT2D eigenvalue weighted by molar-refractivity contribution is -0.113. The summed E-state index contributed by atoms with van der Waals surface area (Å²) >= 11 is 1.31. The maximum Gasteiger partial charge on any atom is 0.346 e. The number of carbonyl (C=O) groups is 1. The van der Waals surface area contributed by atoms with E-state index < -0.39 is 0 Å². The molecule has 2 N–H and O–H groups in total. The molecule has 0 atom stereocenters. The van der Waals surface area contributed by atoms with E-state index in [-0.39, 0.29) is 17.3 Å². The van der Waals surface area contributed by atoms with Crippen molar-refractivity contribution in [3.05, 3.63) is 46.0 Å². The van der Waals surface area contributed by atoms with Crippen molar-refractivity contribution in [3.63, 3.8) is 0 Å². The lowest BCUT2D eigenvalue weighted by atomic mass is 10.3. The summed E-state index contributed by atoms with van der Waals surface area (Å²) in [5.41, 5.74) is 2.41. The number of aryl methyl sites for hydroxylation is 1. The summed E-state index contributed by atoms with van der Waals surface area (Å²) in [6.07, 6.45) is 2.80. The first-order valence-electron chi connectivity index (χ1n) is 7.93. The minimum absolute atomic E-state index is 0.127. The Balaban J connectivity index is 1.59. The molecule has 0 saturated heterocycles. The molecule has 1 heterocycles. The van der Waals surface area contributed by atoms with Crippen LogP contribution in [0.5, 0.6) is 5.75 Å². The zero-order valence-electron chi connectivity index (χ0n) is 13.4. The Hall–Kier alpha value is -2.28. The van der Waals surface area contributed by atoms with Crippen LogP contribution in [0.3, 0.4) is 0 Å². The molecule has 0 spiro atoms. The number of amides is 1. The fraction of sp³-hybridized carbons (Fsp3) is 0.353. The Morgan fingerprint density at radius 1 is 1.33 bits per heavy atom. The average Bonchev–Trinajstić information content (AvgIpc) is 3.03. The molecular weight excluding hydrogens is 326 g/mol. The number of nitrogens with zero attached hydrogens (tertiary/aromatic N) is 1. The number of H-pyrrole nitrogens is 1. The van der Waals surface area contributed by atoms with Crippen LogP contribution in [0.2, 0.25) is 0 Å². The molecule has 1 aliphatic rings. The van der Waals surface area contributed by atoms with Gasteiger partial charge in [0, 0.05) is 16.9 Å². The highest BCUT2D eigenvalue weighted by molar-refractivity contribution is 8.00. The molecule has 1 aromatic carbocycles. The van der Waals surface area contributed by atoms with Gasteiger partial charge in [0.25, 0.3) is 0 Å². The maximum atomic E-state index is 12.1. The number of rotatable bonds is 6. The van der Waals surface area contributed by atoms with Crippen LogP contribution >= 0.6 is 11.8 Å². The van der Waals surface area contributed by atoms with Crippen LogP contribution in [0.1, 0.15) is 24.6 Å². The van der Waals surface area contributed by atoms with Gasteiger partial charge in [-0.2, -0.15) is 4.98 Å². The van der Waals surface area contributed by atoms with Gasteiger partial charge in [0.1, 0.15) is 10.8 Å². The molecule has 0 bridgehead atoms. The predicted octanol–water partition coefficient (Wildman–Crippen LogP) is 2.39. The number of aromatic amines is 1. The molecule has 126 valence electrons. The molecule has 0 saturated carbocycles. The van der Waals surface area contributed by atoms with Crippen molar-refractivity contribution < 1.29 is 9.53 Å². The molecule has 2 aromatic rings. The van der Waals surface area contributed by atoms with Crippen LogP contribution in [0, 0.1) is 0 Å². The Morgan fingerprint density at radius 2 is 2.12 bits per heavy atom. The van der Waals surface area contributed by atoms with E-state index in [2.05, 4.69) is 15.3 Å². The van der Waals surface area contributed by atoms with E-state index >= 15 is 0 Å². The molecule has 24 heavy (non-hydrogen) atoms. The van der Waals surface area contributed by atoms with Gasteiger partial charge in [0.05, 0.1) is 12.4 Å². The highest BCUT2D eigenvalue weighted by Gasteiger charge is 2.18. The van der Waals surface area contributed by atoms with E-state index in [1.165, 1.54) is 11.8 Å². The van der Waals surface area contributed by atoms with Crippen LogP contribution < -0.4 is 15.7 Å². The average molecular weight is 345 g/mol. The number of fused-ring (bicyclic) bond motifs is 1. The first kappa shape index (κ1) is 16.6. The van der Waals surface area contributed by atoms with Crippen molar-refractivity contribution in [2.45, 2.75) is 31.2 Å². The second-order valence-corrected chi connectivity index (χ2v) is 6.42. The topological polar surface area (TPSA) is 84.1 Å². The van der Waals surface area contributed by atoms with Crippen molar-refractivity contribution in [1.82, 2.24) is 9.97 Å². The normalized spacial score (nSPS) is 12.7. The Morgan fingerprint density at radius 3 is 2.88 bits per heavy atom. The molecule has 6 nitrogen and oxygen atoms in total. The third-order valence-electron chi connectivity index (χ3n) is 3.73. The van der Waals surface area contributed by atoms with Crippen molar-refractivity contribution in [2.24, 2.45) is 0 Å². The van der Waals surface area contributed by atoms with Gasteiger partial charge in [-0.05, 0) is 50.5 Å². The standard InChI is InChI=1S/C17H19N3O3S/c1-2-23-12-8-6-11(7-9-12)18-15(21)10-24-16-13-4-3-5-14(13)19-17(22)20-16/h6-9H,2-5,10H2,1H3,(H,18,21)(H,19,20,22). The van der Waals surface area contributed by atoms with E-state index in [0.29, 0.717) is 17.3 Å². The molecule has 1 aliphatic carbocycles. The number of ether oxygens (including phenoxy) is 1. The maximum absolute atomic E-state index is 12.1. The number of aromatic nitrogens is 2. The van der Waals surface area contributed by atoms with E-state index in [0.717, 1.165) is 36.3 Å². The second kappa shape index (κ2) is 7.53. The van der Waals surface area contributed by atoms with Crippen molar-refractivity contribution >= 4 is 23.4 Å². The van der Waals surface area contributed by atoms with Gasteiger partial charge in [0.15, 0.2) is 0 Å². The largest absolute Gasteiger partial charge is 0.494 e. The van der Waals surface area contributed by atoms with Gasteiger partial charge in [-0.15, -0.1) is 0 Å². The summed E-state index contributed by atoms with van der Waals surface area (Å²) in [5, 5.41) is 3.51. The number of benzene rings is 1. The van der Waals surface area contributed by atoms with Crippen LogP contribution in [0.15, 0.2) is 34.1 Å². The number of thioether (sulfide) groups is 1. The number of hydrogen-bond donors (Lipinski definition) is 2. The first-order chi connectivity index (χ1) is 11.7. The third kappa shape index (κ3) is 3.97. The second-order valence-electron chi connectivity index (χ2n) is 5.45.